The summed E-state index contributed by atoms with van der Waals surface area (Å²) >= 11 is 0. The fourth-order valence-electron chi connectivity index (χ4n) is 3.91. The molecule has 2 aromatic rings. The van der Waals surface area contributed by atoms with Gasteiger partial charge in [-0.05, 0) is 35.6 Å². The summed E-state index contributed by atoms with van der Waals surface area (Å²) in [6.07, 6.45) is 1.03. The number of rotatable bonds is 7. The zero-order valence-corrected chi connectivity index (χ0v) is 17.7. The second-order valence-electron chi connectivity index (χ2n) is 8.02. The molecule has 0 saturated carbocycles. The highest BCUT2D eigenvalue weighted by Gasteiger charge is 2.24. The lowest BCUT2D eigenvalue weighted by Crippen LogP contribution is -2.51. The smallest absolute Gasteiger partial charge is 0.236 e. The predicted octanol–water partition coefficient (Wildman–Crippen LogP) is 4.02. The van der Waals surface area contributed by atoms with Crippen LogP contribution in [-0.4, -0.2) is 43.5 Å². The van der Waals surface area contributed by atoms with Gasteiger partial charge in [-0.1, -0.05) is 57.2 Å². The van der Waals surface area contributed by atoms with Gasteiger partial charge in [0.25, 0.3) is 0 Å². The molecule has 1 atom stereocenters. The number of para-hydroxylation sites is 1. The summed E-state index contributed by atoms with van der Waals surface area (Å²) in [7, 11) is 0. The normalized spacial score (nSPS) is 15.6. The first-order valence-electron chi connectivity index (χ1n) is 10.6. The van der Waals surface area contributed by atoms with Gasteiger partial charge in [-0.2, -0.15) is 0 Å². The van der Waals surface area contributed by atoms with Crippen molar-refractivity contribution in [3.63, 3.8) is 0 Å². The number of aryl methyl sites for hydroxylation is 1. The molecule has 1 N–H and O–H groups in total. The molecular formula is C24H32FN3O. The Balaban J connectivity index is 1.53. The molecule has 29 heavy (non-hydrogen) atoms. The molecule has 1 saturated heterocycles. The summed E-state index contributed by atoms with van der Waals surface area (Å²) in [6, 6.07) is 15.6. The number of carbonyl (C=O) groups excluding carboxylic acids is 1. The molecule has 4 nitrogen and oxygen atoms in total. The van der Waals surface area contributed by atoms with Crippen LogP contribution in [-0.2, 0) is 11.2 Å². The van der Waals surface area contributed by atoms with E-state index in [0.29, 0.717) is 44.3 Å². The molecule has 0 bridgehead atoms. The van der Waals surface area contributed by atoms with Crippen LogP contribution >= 0.6 is 0 Å². The number of hydrogen-bond donors (Lipinski definition) is 1. The van der Waals surface area contributed by atoms with Crippen LogP contribution in [0, 0.1) is 11.7 Å². The minimum absolute atomic E-state index is 0.106. The molecule has 0 aliphatic carbocycles. The lowest BCUT2D eigenvalue weighted by Gasteiger charge is -2.36. The van der Waals surface area contributed by atoms with E-state index in [2.05, 4.69) is 50.4 Å². The van der Waals surface area contributed by atoms with E-state index in [1.54, 1.807) is 12.1 Å². The highest BCUT2D eigenvalue weighted by Crippen LogP contribution is 2.23. The van der Waals surface area contributed by atoms with Crippen LogP contribution in [0.2, 0.25) is 0 Å². The summed E-state index contributed by atoms with van der Waals surface area (Å²) in [4.78, 5) is 16.6. The third-order valence-electron chi connectivity index (χ3n) is 5.71. The summed E-state index contributed by atoms with van der Waals surface area (Å²) < 4.78 is 14.0. The van der Waals surface area contributed by atoms with Crippen molar-refractivity contribution in [1.82, 2.24) is 10.2 Å². The third-order valence-corrected chi connectivity index (χ3v) is 5.71. The molecule has 3 rings (SSSR count). The molecular weight excluding hydrogens is 365 g/mol. The molecule has 156 valence electrons. The van der Waals surface area contributed by atoms with E-state index < -0.39 is 0 Å². The molecule has 1 aliphatic heterocycles. The Kier molecular flexibility index (Phi) is 7.26. The van der Waals surface area contributed by atoms with Gasteiger partial charge in [-0.25, -0.2) is 4.39 Å². The van der Waals surface area contributed by atoms with E-state index in [1.165, 1.54) is 17.2 Å². The van der Waals surface area contributed by atoms with E-state index in [1.807, 2.05) is 15.9 Å². The molecule has 0 radical (unpaired) electrons. The Morgan fingerprint density at radius 1 is 1.03 bits per heavy atom. The number of piperazine rings is 1. The van der Waals surface area contributed by atoms with Gasteiger partial charge in [-0.3, -0.25) is 4.79 Å². The van der Waals surface area contributed by atoms with Gasteiger partial charge in [-0.15, -0.1) is 0 Å². The summed E-state index contributed by atoms with van der Waals surface area (Å²) in [6.45, 7) is 9.35. The van der Waals surface area contributed by atoms with Crippen molar-refractivity contribution in [2.45, 2.75) is 33.2 Å². The molecule has 0 spiro atoms. The zero-order chi connectivity index (χ0) is 20.8. The van der Waals surface area contributed by atoms with Crippen LogP contribution < -0.4 is 10.2 Å². The van der Waals surface area contributed by atoms with E-state index in [9.17, 15) is 9.18 Å². The van der Waals surface area contributed by atoms with E-state index in [4.69, 9.17) is 0 Å². The zero-order valence-electron chi connectivity index (χ0n) is 17.7. The standard InChI is InChI=1S/C24H32FN3O/c1-4-19-9-11-20(12-10-19)24(18(2)3)26-17-23(29)28-15-13-27(14-16-28)22-8-6-5-7-21(22)25/h5-12,18,24,26H,4,13-17H2,1-3H3/t24-/m1/s1. The van der Waals surface area contributed by atoms with Gasteiger partial charge >= 0.3 is 0 Å². The molecule has 1 aliphatic rings. The Morgan fingerprint density at radius 3 is 2.28 bits per heavy atom. The van der Waals surface area contributed by atoms with Crippen molar-refractivity contribution in [1.29, 1.82) is 0 Å². The topological polar surface area (TPSA) is 35.6 Å². The van der Waals surface area contributed by atoms with Crippen LogP contribution in [0.1, 0.15) is 37.9 Å². The summed E-state index contributed by atoms with van der Waals surface area (Å²) in [5.41, 5.74) is 3.16. The number of nitrogens with one attached hydrogen (secondary N) is 1. The van der Waals surface area contributed by atoms with Gasteiger partial charge < -0.3 is 15.1 Å². The van der Waals surface area contributed by atoms with Gasteiger partial charge in [0.1, 0.15) is 5.82 Å². The summed E-state index contributed by atoms with van der Waals surface area (Å²) in [5.74, 6) is 0.282. The highest BCUT2D eigenvalue weighted by atomic mass is 19.1. The predicted molar refractivity (Wildman–Crippen MR) is 117 cm³/mol. The lowest BCUT2D eigenvalue weighted by molar-refractivity contribution is -0.130. The molecule has 0 unspecified atom stereocenters. The minimum atomic E-state index is -0.206. The number of carbonyl (C=O) groups is 1. The monoisotopic (exact) mass is 397 g/mol. The van der Waals surface area contributed by atoms with Crippen LogP contribution in [0.15, 0.2) is 48.5 Å². The highest BCUT2D eigenvalue weighted by molar-refractivity contribution is 5.78. The maximum atomic E-state index is 14.0. The molecule has 1 fully saturated rings. The van der Waals surface area contributed by atoms with E-state index in [-0.39, 0.29) is 17.8 Å². The van der Waals surface area contributed by atoms with Gasteiger partial charge in [0.15, 0.2) is 0 Å². The third kappa shape index (κ3) is 5.36. The molecule has 1 heterocycles. The first kappa shape index (κ1) is 21.3. The van der Waals surface area contributed by atoms with Crippen molar-refractivity contribution in [2.24, 2.45) is 5.92 Å². The maximum absolute atomic E-state index is 14.0. The molecule has 0 aromatic heterocycles. The lowest BCUT2D eigenvalue weighted by atomic mass is 9.95. The quantitative estimate of drug-likeness (QED) is 0.766. The Hall–Kier alpha value is -2.40. The van der Waals surface area contributed by atoms with Crippen LogP contribution in [0.25, 0.3) is 0 Å². The Labute approximate surface area is 173 Å². The number of halogens is 1. The number of benzene rings is 2. The van der Waals surface area contributed by atoms with Gasteiger partial charge in [0.05, 0.1) is 12.2 Å². The first-order chi connectivity index (χ1) is 14.0. The van der Waals surface area contributed by atoms with Crippen LogP contribution in [0.4, 0.5) is 10.1 Å². The molecule has 5 heteroatoms. The fourth-order valence-corrected chi connectivity index (χ4v) is 3.91. The minimum Gasteiger partial charge on any atom is -0.366 e. The van der Waals surface area contributed by atoms with Crippen LogP contribution in [0.5, 0.6) is 0 Å². The SMILES string of the molecule is CCc1ccc([C@H](NCC(=O)N2CCN(c3ccccc3F)CC2)C(C)C)cc1. The van der Waals surface area contributed by atoms with Crippen molar-refractivity contribution < 1.29 is 9.18 Å². The number of amides is 1. The van der Waals surface area contributed by atoms with E-state index >= 15 is 0 Å². The van der Waals surface area contributed by atoms with Crippen LogP contribution in [0.3, 0.4) is 0 Å². The fraction of sp³-hybridized carbons (Fsp3) is 0.458. The number of anilines is 1. The van der Waals surface area contributed by atoms with Crippen molar-refractivity contribution in [3.05, 3.63) is 65.5 Å². The Bertz CT molecular complexity index is 798. The summed E-state index contributed by atoms with van der Waals surface area (Å²) in [5, 5.41) is 3.46. The van der Waals surface area contributed by atoms with Crippen molar-refractivity contribution >= 4 is 11.6 Å². The van der Waals surface area contributed by atoms with Gasteiger partial charge in [0, 0.05) is 32.2 Å². The molecule has 2 aromatic carbocycles. The van der Waals surface area contributed by atoms with Crippen molar-refractivity contribution in [2.75, 3.05) is 37.6 Å². The number of nitrogens with zero attached hydrogens (tertiary/aromatic N) is 2. The average molecular weight is 398 g/mol. The van der Waals surface area contributed by atoms with Gasteiger partial charge in [0.2, 0.25) is 5.91 Å². The Morgan fingerprint density at radius 2 is 1.69 bits per heavy atom. The average Bonchev–Trinajstić information content (AvgIpc) is 2.74. The first-order valence-corrected chi connectivity index (χ1v) is 10.6. The largest absolute Gasteiger partial charge is 0.366 e. The molecule has 1 amide bonds. The van der Waals surface area contributed by atoms with E-state index in [0.717, 1.165) is 6.42 Å². The second-order valence-corrected chi connectivity index (χ2v) is 8.02. The second kappa shape index (κ2) is 9.88. The van der Waals surface area contributed by atoms with Crippen molar-refractivity contribution in [3.8, 4) is 0 Å². The maximum Gasteiger partial charge on any atom is 0.236 e. The number of hydrogen-bond acceptors (Lipinski definition) is 3.